The lowest BCUT2D eigenvalue weighted by atomic mass is 9.99. The van der Waals surface area contributed by atoms with Crippen molar-refractivity contribution < 1.29 is 5.11 Å². The van der Waals surface area contributed by atoms with Gasteiger partial charge in [-0.1, -0.05) is 12.1 Å². The number of nitrogens with zero attached hydrogens (tertiary/aromatic N) is 2. The Labute approximate surface area is 134 Å². The molecule has 0 aliphatic rings. The third-order valence-electron chi connectivity index (χ3n) is 3.65. The minimum Gasteiger partial charge on any atom is -0.384 e. The van der Waals surface area contributed by atoms with Gasteiger partial charge in [-0.3, -0.25) is 0 Å². The van der Waals surface area contributed by atoms with Crippen LogP contribution < -0.4 is 5.32 Å². The second-order valence-electron chi connectivity index (χ2n) is 5.51. The smallest absolute Gasteiger partial charge is 0.1000 e. The number of nitrogens with one attached hydrogen (secondary N) is 1. The maximum atomic E-state index is 10.5. The standard InChI is InChI=1S/C17H19N3OS/c1-17(21,15-7-10-22-12-15)13-18-11-14-3-5-16(6-4-14)20-9-2-8-19-20/h2-10,12,18,21H,11,13H2,1H3. The number of aliphatic hydroxyl groups is 1. The molecule has 3 aromatic rings. The first-order chi connectivity index (χ1) is 10.6. The number of hydrogen-bond acceptors (Lipinski definition) is 4. The first kappa shape index (κ1) is 15.0. The summed E-state index contributed by atoms with van der Waals surface area (Å²) in [6, 6.07) is 12.1. The Morgan fingerprint density at radius 1 is 1.27 bits per heavy atom. The Kier molecular flexibility index (Phi) is 4.38. The van der Waals surface area contributed by atoms with E-state index in [0.29, 0.717) is 6.54 Å². The Morgan fingerprint density at radius 3 is 2.73 bits per heavy atom. The van der Waals surface area contributed by atoms with E-state index >= 15 is 0 Å². The van der Waals surface area contributed by atoms with Gasteiger partial charge in [0.25, 0.3) is 0 Å². The highest BCUT2D eigenvalue weighted by atomic mass is 32.1. The molecule has 1 unspecified atom stereocenters. The summed E-state index contributed by atoms with van der Waals surface area (Å²) in [4.78, 5) is 0. The van der Waals surface area contributed by atoms with Gasteiger partial charge in [0.15, 0.2) is 0 Å². The maximum absolute atomic E-state index is 10.5. The van der Waals surface area contributed by atoms with Crippen LogP contribution in [0.4, 0.5) is 0 Å². The van der Waals surface area contributed by atoms with Crippen molar-refractivity contribution in [2.45, 2.75) is 19.1 Å². The summed E-state index contributed by atoms with van der Waals surface area (Å²) < 4.78 is 1.83. The molecule has 0 bridgehead atoms. The predicted molar refractivity (Wildman–Crippen MR) is 89.2 cm³/mol. The van der Waals surface area contributed by atoms with Crippen LogP contribution in [0.25, 0.3) is 5.69 Å². The van der Waals surface area contributed by atoms with E-state index in [1.807, 2.05) is 52.8 Å². The summed E-state index contributed by atoms with van der Waals surface area (Å²) in [7, 11) is 0. The molecule has 0 radical (unpaired) electrons. The van der Waals surface area contributed by atoms with Gasteiger partial charge < -0.3 is 10.4 Å². The van der Waals surface area contributed by atoms with E-state index in [1.54, 1.807) is 17.5 Å². The number of hydrogen-bond donors (Lipinski definition) is 2. The van der Waals surface area contributed by atoms with Crippen LogP contribution in [-0.2, 0) is 12.1 Å². The van der Waals surface area contributed by atoms with Gasteiger partial charge in [0.1, 0.15) is 0 Å². The highest BCUT2D eigenvalue weighted by Crippen LogP contribution is 2.22. The van der Waals surface area contributed by atoms with Gasteiger partial charge in [-0.15, -0.1) is 0 Å². The third kappa shape index (κ3) is 3.44. The molecule has 2 heterocycles. The first-order valence-corrected chi connectivity index (χ1v) is 8.14. The molecule has 0 aliphatic heterocycles. The lowest BCUT2D eigenvalue weighted by Crippen LogP contribution is -2.34. The minimum atomic E-state index is -0.838. The molecule has 3 rings (SSSR count). The molecule has 0 aliphatic carbocycles. The number of thiophene rings is 1. The van der Waals surface area contributed by atoms with E-state index in [1.165, 1.54) is 5.56 Å². The quantitative estimate of drug-likeness (QED) is 0.735. The fraction of sp³-hybridized carbons (Fsp3) is 0.235. The molecule has 1 aromatic carbocycles. The molecule has 4 nitrogen and oxygen atoms in total. The van der Waals surface area contributed by atoms with Crippen molar-refractivity contribution in [2.24, 2.45) is 0 Å². The van der Waals surface area contributed by atoms with E-state index < -0.39 is 5.60 Å². The van der Waals surface area contributed by atoms with Crippen molar-refractivity contribution >= 4 is 11.3 Å². The van der Waals surface area contributed by atoms with Gasteiger partial charge >= 0.3 is 0 Å². The Bertz CT molecular complexity index is 688. The van der Waals surface area contributed by atoms with Gasteiger partial charge in [-0.2, -0.15) is 16.4 Å². The number of aromatic nitrogens is 2. The van der Waals surface area contributed by atoms with Crippen LogP contribution in [0.3, 0.4) is 0 Å². The van der Waals surface area contributed by atoms with Crippen molar-refractivity contribution in [3.63, 3.8) is 0 Å². The zero-order valence-electron chi connectivity index (χ0n) is 12.4. The molecule has 1 atom stereocenters. The predicted octanol–water partition coefficient (Wildman–Crippen LogP) is 2.93. The van der Waals surface area contributed by atoms with Crippen LogP contribution in [0.2, 0.25) is 0 Å². The molecule has 22 heavy (non-hydrogen) atoms. The zero-order chi connectivity index (χ0) is 15.4. The molecule has 0 saturated carbocycles. The zero-order valence-corrected chi connectivity index (χ0v) is 13.3. The number of rotatable bonds is 6. The summed E-state index contributed by atoms with van der Waals surface area (Å²) in [5, 5.41) is 21.9. The Balaban J connectivity index is 1.56. The average Bonchev–Trinajstić information content (AvgIpc) is 3.22. The van der Waals surface area contributed by atoms with Crippen molar-refractivity contribution in [1.29, 1.82) is 0 Å². The normalized spacial score (nSPS) is 13.9. The molecule has 2 N–H and O–H groups in total. The summed E-state index contributed by atoms with van der Waals surface area (Å²) >= 11 is 1.60. The van der Waals surface area contributed by atoms with E-state index in [2.05, 4.69) is 22.5 Å². The molecule has 0 spiro atoms. The van der Waals surface area contributed by atoms with Gasteiger partial charge in [0, 0.05) is 25.5 Å². The van der Waals surface area contributed by atoms with Crippen LogP contribution in [-0.4, -0.2) is 21.4 Å². The Morgan fingerprint density at radius 2 is 2.09 bits per heavy atom. The fourth-order valence-corrected chi connectivity index (χ4v) is 3.09. The van der Waals surface area contributed by atoms with Gasteiger partial charge in [-0.05, 0) is 53.1 Å². The second-order valence-corrected chi connectivity index (χ2v) is 6.29. The molecule has 0 saturated heterocycles. The van der Waals surface area contributed by atoms with Crippen LogP contribution >= 0.6 is 11.3 Å². The summed E-state index contributed by atoms with van der Waals surface area (Å²) in [5.74, 6) is 0. The highest BCUT2D eigenvalue weighted by Gasteiger charge is 2.22. The minimum absolute atomic E-state index is 0.518. The van der Waals surface area contributed by atoms with Crippen molar-refractivity contribution in [3.8, 4) is 5.69 Å². The van der Waals surface area contributed by atoms with Crippen LogP contribution in [0.1, 0.15) is 18.1 Å². The van der Waals surface area contributed by atoms with E-state index in [9.17, 15) is 5.11 Å². The summed E-state index contributed by atoms with van der Waals surface area (Å²) in [6.07, 6.45) is 3.69. The molecule has 114 valence electrons. The van der Waals surface area contributed by atoms with E-state index in [4.69, 9.17) is 0 Å². The lowest BCUT2D eigenvalue weighted by molar-refractivity contribution is 0.0571. The van der Waals surface area contributed by atoms with Gasteiger partial charge in [0.2, 0.25) is 0 Å². The van der Waals surface area contributed by atoms with Crippen molar-refractivity contribution in [1.82, 2.24) is 15.1 Å². The highest BCUT2D eigenvalue weighted by molar-refractivity contribution is 7.08. The van der Waals surface area contributed by atoms with Gasteiger partial charge in [-0.25, -0.2) is 4.68 Å². The van der Waals surface area contributed by atoms with Crippen LogP contribution in [0.5, 0.6) is 0 Å². The topological polar surface area (TPSA) is 50.1 Å². The molecular weight excluding hydrogens is 294 g/mol. The molecule has 0 fully saturated rings. The third-order valence-corrected chi connectivity index (χ3v) is 4.33. The molecule has 0 amide bonds. The SMILES string of the molecule is CC(O)(CNCc1ccc(-n2cccn2)cc1)c1ccsc1. The average molecular weight is 313 g/mol. The fourth-order valence-electron chi connectivity index (χ4n) is 2.31. The first-order valence-electron chi connectivity index (χ1n) is 7.20. The largest absolute Gasteiger partial charge is 0.384 e. The van der Waals surface area contributed by atoms with Crippen LogP contribution in [0.15, 0.2) is 59.6 Å². The second kappa shape index (κ2) is 6.44. The Hall–Kier alpha value is -1.95. The maximum Gasteiger partial charge on any atom is 0.1000 e. The van der Waals surface area contributed by atoms with Gasteiger partial charge in [0.05, 0.1) is 11.3 Å². The summed E-state index contributed by atoms with van der Waals surface area (Å²) in [6.45, 7) is 3.08. The lowest BCUT2D eigenvalue weighted by Gasteiger charge is -2.23. The number of benzene rings is 1. The monoisotopic (exact) mass is 313 g/mol. The molecule has 5 heteroatoms. The van der Waals surface area contributed by atoms with Crippen molar-refractivity contribution in [3.05, 3.63) is 70.7 Å². The molecular formula is C17H19N3OS. The van der Waals surface area contributed by atoms with E-state index in [0.717, 1.165) is 17.8 Å². The van der Waals surface area contributed by atoms with E-state index in [-0.39, 0.29) is 0 Å². The summed E-state index contributed by atoms with van der Waals surface area (Å²) in [5.41, 5.74) is 2.34. The van der Waals surface area contributed by atoms with Crippen molar-refractivity contribution in [2.75, 3.05) is 6.54 Å². The molecule has 2 aromatic heterocycles. The van der Waals surface area contributed by atoms with Crippen LogP contribution in [0, 0.1) is 0 Å².